The fraction of sp³-hybridized carbons (Fsp3) is 0.842. The van der Waals surface area contributed by atoms with E-state index in [-0.39, 0.29) is 12.7 Å². The van der Waals surface area contributed by atoms with Crippen molar-refractivity contribution in [2.75, 3.05) is 13.7 Å². The Labute approximate surface area is 174 Å². The Morgan fingerprint density at radius 2 is 1.53 bits per heavy atom. The quantitative estimate of drug-likeness (QED) is 0.433. The summed E-state index contributed by atoms with van der Waals surface area (Å²) in [6.07, 6.45) is -6.09. The van der Waals surface area contributed by atoms with Crippen LogP contribution in [0.25, 0.3) is 0 Å². The van der Waals surface area contributed by atoms with Gasteiger partial charge in [0.2, 0.25) is 0 Å². The van der Waals surface area contributed by atoms with Gasteiger partial charge in [-0.15, -0.1) is 0 Å². The summed E-state index contributed by atoms with van der Waals surface area (Å²) < 4.78 is 45.2. The van der Waals surface area contributed by atoms with Crippen molar-refractivity contribution in [2.24, 2.45) is 0 Å². The van der Waals surface area contributed by atoms with E-state index in [1.165, 1.54) is 27.9 Å². The number of esters is 3. The van der Waals surface area contributed by atoms with Gasteiger partial charge in [-0.3, -0.25) is 14.4 Å². The number of carbonyl (C=O) groups excluding carboxylic acids is 3. The highest BCUT2D eigenvalue weighted by molar-refractivity contribution is 5.67. The number of hydrogen-bond acceptors (Lipinski definition) is 11. The highest BCUT2D eigenvalue weighted by atomic mass is 16.8. The van der Waals surface area contributed by atoms with E-state index in [0.717, 1.165) is 0 Å². The third-order valence-electron chi connectivity index (χ3n) is 5.15. The Morgan fingerprint density at radius 1 is 0.867 bits per heavy atom. The van der Waals surface area contributed by atoms with Crippen LogP contribution in [0.4, 0.5) is 0 Å². The second-order valence-corrected chi connectivity index (χ2v) is 7.48. The average Bonchev–Trinajstić information content (AvgIpc) is 2.66. The van der Waals surface area contributed by atoms with Gasteiger partial charge in [-0.2, -0.15) is 0 Å². The lowest BCUT2D eigenvalue weighted by atomic mass is 9.94. The van der Waals surface area contributed by atoms with Crippen LogP contribution in [0, 0.1) is 0 Å². The van der Waals surface area contributed by atoms with Gasteiger partial charge >= 0.3 is 17.9 Å². The predicted octanol–water partition coefficient (Wildman–Crippen LogP) is 0.0717. The van der Waals surface area contributed by atoms with Gasteiger partial charge in [0.1, 0.15) is 24.9 Å². The van der Waals surface area contributed by atoms with E-state index in [0.29, 0.717) is 6.42 Å². The molecule has 170 valence electrons. The molecular formula is C19H28O11. The summed E-state index contributed by atoms with van der Waals surface area (Å²) in [5.41, 5.74) is 0. The van der Waals surface area contributed by atoms with Crippen LogP contribution in [0.1, 0.15) is 34.1 Å². The van der Waals surface area contributed by atoms with E-state index < -0.39 is 67.1 Å². The minimum Gasteiger partial charge on any atom is -0.463 e. The Bertz CT molecular complexity index is 652. The molecule has 3 fully saturated rings. The SMILES string of the molecule is CO[C@H]1C[C@@H]2O[C@H]3[C@H](O[C@H]2[C@H](C)O1)O[C@H](COC(C)=O)[C@@H](OC(C)=O)[C@@H]3OC(C)=O. The molecule has 0 bridgehead atoms. The molecule has 3 rings (SSSR count). The summed E-state index contributed by atoms with van der Waals surface area (Å²) in [6, 6.07) is 0. The lowest BCUT2D eigenvalue weighted by Gasteiger charge is -2.52. The third-order valence-corrected chi connectivity index (χ3v) is 5.15. The zero-order valence-electron chi connectivity index (χ0n) is 17.6. The molecule has 0 radical (unpaired) electrons. The van der Waals surface area contributed by atoms with Crippen molar-refractivity contribution in [3.63, 3.8) is 0 Å². The van der Waals surface area contributed by atoms with E-state index in [1.54, 1.807) is 0 Å². The van der Waals surface area contributed by atoms with Crippen LogP contribution in [0.5, 0.6) is 0 Å². The molecule has 0 spiro atoms. The van der Waals surface area contributed by atoms with Crippen molar-refractivity contribution >= 4 is 17.9 Å². The molecule has 3 aliphatic heterocycles. The van der Waals surface area contributed by atoms with Crippen LogP contribution >= 0.6 is 0 Å². The molecule has 3 heterocycles. The van der Waals surface area contributed by atoms with Crippen molar-refractivity contribution in [1.82, 2.24) is 0 Å². The van der Waals surface area contributed by atoms with E-state index in [9.17, 15) is 14.4 Å². The molecule has 11 nitrogen and oxygen atoms in total. The minimum atomic E-state index is -1.05. The first-order valence-corrected chi connectivity index (χ1v) is 9.82. The summed E-state index contributed by atoms with van der Waals surface area (Å²) in [4.78, 5) is 34.8. The van der Waals surface area contributed by atoms with Crippen LogP contribution in [0.15, 0.2) is 0 Å². The van der Waals surface area contributed by atoms with Crippen molar-refractivity contribution in [3.05, 3.63) is 0 Å². The topological polar surface area (TPSA) is 125 Å². The zero-order valence-corrected chi connectivity index (χ0v) is 17.6. The van der Waals surface area contributed by atoms with Gasteiger partial charge in [0.25, 0.3) is 0 Å². The van der Waals surface area contributed by atoms with Crippen molar-refractivity contribution in [2.45, 2.75) is 89.4 Å². The highest BCUT2D eigenvalue weighted by Crippen LogP contribution is 2.38. The highest BCUT2D eigenvalue weighted by Gasteiger charge is 2.57. The molecule has 0 aromatic rings. The summed E-state index contributed by atoms with van der Waals surface area (Å²) in [7, 11) is 1.53. The molecule has 3 saturated heterocycles. The van der Waals surface area contributed by atoms with Gasteiger partial charge in [0.15, 0.2) is 24.8 Å². The smallest absolute Gasteiger partial charge is 0.303 e. The van der Waals surface area contributed by atoms with Crippen LogP contribution < -0.4 is 0 Å². The Hall–Kier alpha value is -1.79. The van der Waals surface area contributed by atoms with Gasteiger partial charge < -0.3 is 37.9 Å². The molecule has 0 aliphatic carbocycles. The van der Waals surface area contributed by atoms with Gasteiger partial charge in [0, 0.05) is 34.3 Å². The van der Waals surface area contributed by atoms with Crippen molar-refractivity contribution < 1.29 is 52.3 Å². The van der Waals surface area contributed by atoms with E-state index in [1.807, 2.05) is 6.92 Å². The van der Waals surface area contributed by atoms with E-state index in [2.05, 4.69) is 0 Å². The third kappa shape index (κ3) is 5.09. The second kappa shape index (κ2) is 9.56. The fourth-order valence-corrected chi connectivity index (χ4v) is 3.96. The summed E-state index contributed by atoms with van der Waals surface area (Å²) in [6.45, 7) is 5.31. The molecule has 0 unspecified atom stereocenters. The number of hydrogen-bond donors (Lipinski definition) is 0. The van der Waals surface area contributed by atoms with Gasteiger partial charge in [-0.1, -0.05) is 0 Å². The maximum atomic E-state index is 11.8. The van der Waals surface area contributed by atoms with Crippen LogP contribution in [-0.2, 0) is 52.3 Å². The lowest BCUT2D eigenvalue weighted by Crippen LogP contribution is -2.68. The second-order valence-electron chi connectivity index (χ2n) is 7.48. The Balaban J connectivity index is 1.86. The molecule has 0 saturated carbocycles. The molecule has 0 aromatic carbocycles. The number of ether oxygens (including phenoxy) is 8. The summed E-state index contributed by atoms with van der Waals surface area (Å²) in [5, 5.41) is 0. The maximum absolute atomic E-state index is 11.8. The van der Waals surface area contributed by atoms with Gasteiger partial charge in [-0.05, 0) is 6.92 Å². The largest absolute Gasteiger partial charge is 0.463 e. The molecule has 0 amide bonds. The van der Waals surface area contributed by atoms with Crippen molar-refractivity contribution in [3.8, 4) is 0 Å². The first-order chi connectivity index (χ1) is 14.2. The molecule has 30 heavy (non-hydrogen) atoms. The van der Waals surface area contributed by atoms with E-state index in [4.69, 9.17) is 37.9 Å². The van der Waals surface area contributed by atoms with E-state index >= 15 is 0 Å². The number of methoxy groups -OCH3 is 1. The first-order valence-electron chi connectivity index (χ1n) is 9.82. The lowest BCUT2D eigenvalue weighted by molar-refractivity contribution is -0.395. The van der Waals surface area contributed by atoms with Gasteiger partial charge in [0.05, 0.1) is 12.2 Å². The predicted molar refractivity (Wildman–Crippen MR) is 95.9 cm³/mol. The number of rotatable bonds is 5. The first kappa shape index (κ1) is 22.9. The van der Waals surface area contributed by atoms with Crippen LogP contribution in [0.2, 0.25) is 0 Å². The molecule has 11 heteroatoms. The van der Waals surface area contributed by atoms with Crippen molar-refractivity contribution in [1.29, 1.82) is 0 Å². The molecule has 0 aromatic heterocycles. The minimum absolute atomic E-state index is 0.219. The maximum Gasteiger partial charge on any atom is 0.303 e. The summed E-state index contributed by atoms with van der Waals surface area (Å²) >= 11 is 0. The Morgan fingerprint density at radius 3 is 2.13 bits per heavy atom. The normalized spacial score (nSPS) is 40.5. The molecule has 3 aliphatic rings. The zero-order chi connectivity index (χ0) is 22.0. The molecule has 9 atom stereocenters. The molecule has 0 N–H and O–H groups in total. The fourth-order valence-electron chi connectivity index (χ4n) is 3.96. The van der Waals surface area contributed by atoms with Gasteiger partial charge in [-0.25, -0.2) is 0 Å². The molecular weight excluding hydrogens is 404 g/mol. The van der Waals surface area contributed by atoms with Crippen LogP contribution in [0.3, 0.4) is 0 Å². The average molecular weight is 432 g/mol. The monoisotopic (exact) mass is 432 g/mol. The summed E-state index contributed by atoms with van der Waals surface area (Å²) in [5.74, 6) is -1.74. The number of fused-ring (bicyclic) bond motifs is 2. The number of carbonyl (C=O) groups is 3. The van der Waals surface area contributed by atoms with Crippen LogP contribution in [-0.4, -0.2) is 86.9 Å². The Kier molecular flexibility index (Phi) is 7.30. The standard InChI is InChI=1S/C19H28O11/c1-8-15-12(6-14(23-5)25-8)28-18-17(27-11(4)22)16(26-10(3)21)13(7-24-9(2)20)29-19(18)30-15/h8,12-19H,6-7H2,1-5H3/t8-,12-,13+,14+,15-,16+,17-,18+,19-/m0/s1.